The fourth-order valence-electron chi connectivity index (χ4n) is 3.96. The number of carbonyl (C=O) groups is 1. The first-order chi connectivity index (χ1) is 15.2. The van der Waals surface area contributed by atoms with Crippen LogP contribution in [0.1, 0.15) is 10.4 Å². The fourth-order valence-corrected chi connectivity index (χ4v) is 4.90. The molecule has 0 aliphatic carbocycles. The Morgan fingerprint density at radius 1 is 1.09 bits per heavy atom. The largest absolute Gasteiger partial charge is 0.461 e. The first-order valence-corrected chi connectivity index (χ1v) is 11.2. The maximum absolute atomic E-state index is 13.3. The van der Waals surface area contributed by atoms with Crippen molar-refractivity contribution in [2.45, 2.75) is 0 Å². The number of rotatable bonds is 5. The van der Waals surface area contributed by atoms with Crippen LogP contribution in [0, 0.1) is 0 Å². The van der Waals surface area contributed by atoms with Gasteiger partial charge in [0, 0.05) is 31.4 Å². The van der Waals surface area contributed by atoms with E-state index in [4.69, 9.17) is 9.47 Å². The number of hydrogen-bond donors (Lipinski definition) is 0. The standard InChI is InChI=1S/C24H22N2O4S.ClH/c27-23-19(17-4-2-1-3-5-17)16-20(21-22-18(7-15-31-22)6-8-26(21)23)24(28)30-14-11-25-9-12-29-13-10-25;/h1-8,15-16H,9-14H2;1H. The van der Waals surface area contributed by atoms with Gasteiger partial charge in [-0.3, -0.25) is 14.1 Å². The zero-order valence-electron chi connectivity index (χ0n) is 17.4. The quantitative estimate of drug-likeness (QED) is 0.411. The summed E-state index contributed by atoms with van der Waals surface area (Å²) in [5, 5.41) is 2.97. The Labute approximate surface area is 195 Å². The van der Waals surface area contributed by atoms with Crippen LogP contribution in [0.4, 0.5) is 0 Å². The highest BCUT2D eigenvalue weighted by molar-refractivity contribution is 7.18. The SMILES string of the molecule is Cl.O=C(OCCN1CCOCC1)c1cc(-c2ccccc2)c(=O)n2ccc3ccsc3c12. The number of fused-ring (bicyclic) bond motifs is 3. The molecule has 0 radical (unpaired) electrons. The smallest absolute Gasteiger partial charge is 0.340 e. The van der Waals surface area contributed by atoms with Crippen molar-refractivity contribution in [3.05, 3.63) is 76.0 Å². The van der Waals surface area contributed by atoms with Crippen LogP contribution in [0.15, 0.2) is 64.9 Å². The number of benzene rings is 1. The van der Waals surface area contributed by atoms with E-state index in [1.807, 2.05) is 47.8 Å². The van der Waals surface area contributed by atoms with Crippen LogP contribution in [0.2, 0.25) is 0 Å². The van der Waals surface area contributed by atoms with Crippen LogP contribution in [-0.4, -0.2) is 54.7 Å². The molecule has 8 heteroatoms. The van der Waals surface area contributed by atoms with E-state index in [1.54, 1.807) is 16.7 Å². The minimum Gasteiger partial charge on any atom is -0.461 e. The number of carbonyl (C=O) groups excluding carboxylic acids is 1. The molecule has 6 nitrogen and oxygen atoms in total. The molecule has 0 amide bonds. The van der Waals surface area contributed by atoms with E-state index in [9.17, 15) is 9.59 Å². The minimum atomic E-state index is -0.413. The molecule has 0 atom stereocenters. The van der Waals surface area contributed by atoms with E-state index in [-0.39, 0.29) is 18.0 Å². The van der Waals surface area contributed by atoms with Gasteiger partial charge in [-0.2, -0.15) is 0 Å². The molecule has 1 saturated heterocycles. The molecule has 32 heavy (non-hydrogen) atoms. The summed E-state index contributed by atoms with van der Waals surface area (Å²) in [6, 6.07) is 15.0. The lowest BCUT2D eigenvalue weighted by Crippen LogP contribution is -2.38. The summed E-state index contributed by atoms with van der Waals surface area (Å²) in [7, 11) is 0. The topological polar surface area (TPSA) is 60.2 Å². The molecular weight excluding hydrogens is 448 g/mol. The van der Waals surface area contributed by atoms with Gasteiger partial charge in [-0.25, -0.2) is 4.79 Å². The summed E-state index contributed by atoms with van der Waals surface area (Å²) in [6.07, 6.45) is 1.74. The number of halogens is 1. The number of thiophene rings is 1. The maximum atomic E-state index is 13.3. The molecule has 5 rings (SSSR count). The average molecular weight is 471 g/mol. The molecule has 1 aliphatic heterocycles. The van der Waals surface area contributed by atoms with Gasteiger partial charge in [0.2, 0.25) is 0 Å². The minimum absolute atomic E-state index is 0. The summed E-state index contributed by atoms with van der Waals surface area (Å²) >= 11 is 1.52. The molecule has 0 unspecified atom stereocenters. The molecule has 4 heterocycles. The number of esters is 1. The monoisotopic (exact) mass is 470 g/mol. The van der Waals surface area contributed by atoms with E-state index in [0.717, 1.165) is 28.7 Å². The van der Waals surface area contributed by atoms with Crippen molar-refractivity contribution >= 4 is 45.3 Å². The molecule has 0 N–H and O–H groups in total. The predicted octanol–water partition coefficient (Wildman–Crippen LogP) is 4.09. The van der Waals surface area contributed by atoms with E-state index in [1.165, 1.54) is 11.3 Å². The van der Waals surface area contributed by atoms with Gasteiger partial charge in [-0.15, -0.1) is 23.7 Å². The van der Waals surface area contributed by atoms with Gasteiger partial charge < -0.3 is 9.47 Å². The highest BCUT2D eigenvalue weighted by Gasteiger charge is 2.20. The van der Waals surface area contributed by atoms with Crippen molar-refractivity contribution in [1.82, 2.24) is 9.30 Å². The van der Waals surface area contributed by atoms with Crippen molar-refractivity contribution < 1.29 is 14.3 Å². The van der Waals surface area contributed by atoms with Gasteiger partial charge in [0.25, 0.3) is 5.56 Å². The molecule has 1 aliphatic rings. The zero-order valence-corrected chi connectivity index (χ0v) is 19.0. The van der Waals surface area contributed by atoms with Gasteiger partial charge in [-0.05, 0) is 34.5 Å². The van der Waals surface area contributed by atoms with E-state index in [2.05, 4.69) is 4.90 Å². The Kier molecular flexibility index (Phi) is 6.91. The van der Waals surface area contributed by atoms with Crippen LogP contribution in [-0.2, 0) is 9.47 Å². The van der Waals surface area contributed by atoms with E-state index in [0.29, 0.717) is 43.0 Å². The normalized spacial score (nSPS) is 14.4. The highest BCUT2D eigenvalue weighted by atomic mass is 35.5. The Hall–Kier alpha value is -2.71. The van der Waals surface area contributed by atoms with Gasteiger partial charge in [0.05, 0.1) is 29.0 Å². The van der Waals surface area contributed by atoms with Gasteiger partial charge in [0.1, 0.15) is 6.61 Å². The second kappa shape index (κ2) is 9.83. The van der Waals surface area contributed by atoms with Crippen molar-refractivity contribution in [3.8, 4) is 11.1 Å². The number of nitrogens with zero attached hydrogens (tertiary/aromatic N) is 2. The molecule has 166 valence electrons. The first kappa shape index (κ1) is 22.5. The highest BCUT2D eigenvalue weighted by Crippen LogP contribution is 2.29. The summed E-state index contributed by atoms with van der Waals surface area (Å²) in [5.74, 6) is -0.413. The van der Waals surface area contributed by atoms with E-state index < -0.39 is 5.97 Å². The van der Waals surface area contributed by atoms with Crippen molar-refractivity contribution in [3.63, 3.8) is 0 Å². The molecule has 0 saturated carbocycles. The Bertz CT molecular complexity index is 1300. The van der Waals surface area contributed by atoms with Crippen LogP contribution in [0.5, 0.6) is 0 Å². The molecule has 1 fully saturated rings. The molecular formula is C24H23ClN2O4S. The van der Waals surface area contributed by atoms with Gasteiger partial charge >= 0.3 is 5.97 Å². The molecule has 4 aromatic rings. The third-order valence-corrected chi connectivity index (χ3v) is 6.53. The Morgan fingerprint density at radius 2 is 1.88 bits per heavy atom. The first-order valence-electron chi connectivity index (χ1n) is 10.3. The van der Waals surface area contributed by atoms with Crippen LogP contribution in [0.3, 0.4) is 0 Å². The van der Waals surface area contributed by atoms with Crippen molar-refractivity contribution in [2.75, 3.05) is 39.5 Å². The maximum Gasteiger partial charge on any atom is 0.340 e. The second-order valence-corrected chi connectivity index (χ2v) is 8.39. The second-order valence-electron chi connectivity index (χ2n) is 7.47. The molecule has 3 aromatic heterocycles. The zero-order chi connectivity index (χ0) is 21.2. The Balaban J connectivity index is 0.00000245. The summed E-state index contributed by atoms with van der Waals surface area (Å²) in [5.41, 5.74) is 2.12. The van der Waals surface area contributed by atoms with Crippen LogP contribution >= 0.6 is 23.7 Å². The summed E-state index contributed by atoms with van der Waals surface area (Å²) < 4.78 is 13.5. The third kappa shape index (κ3) is 4.29. The fraction of sp³-hybridized carbons (Fsp3) is 0.250. The van der Waals surface area contributed by atoms with E-state index >= 15 is 0 Å². The third-order valence-electron chi connectivity index (χ3n) is 5.60. The average Bonchev–Trinajstić information content (AvgIpc) is 3.30. The van der Waals surface area contributed by atoms with Gasteiger partial charge in [-0.1, -0.05) is 30.3 Å². The van der Waals surface area contributed by atoms with Crippen LogP contribution in [0.25, 0.3) is 26.7 Å². The lowest BCUT2D eigenvalue weighted by Gasteiger charge is -2.26. The predicted molar refractivity (Wildman–Crippen MR) is 129 cm³/mol. The molecule has 0 bridgehead atoms. The molecule has 1 aromatic carbocycles. The van der Waals surface area contributed by atoms with Crippen LogP contribution < -0.4 is 5.56 Å². The van der Waals surface area contributed by atoms with Crippen molar-refractivity contribution in [1.29, 1.82) is 0 Å². The summed E-state index contributed by atoms with van der Waals surface area (Å²) in [4.78, 5) is 28.7. The number of pyridine rings is 2. The number of ether oxygens (including phenoxy) is 2. The lowest BCUT2D eigenvalue weighted by molar-refractivity contribution is 0.0196. The lowest BCUT2D eigenvalue weighted by atomic mass is 10.0. The molecule has 0 spiro atoms. The number of hydrogen-bond acceptors (Lipinski definition) is 6. The number of aromatic nitrogens is 1. The van der Waals surface area contributed by atoms with Gasteiger partial charge in [0.15, 0.2) is 0 Å². The number of morpholine rings is 1. The van der Waals surface area contributed by atoms with Crippen molar-refractivity contribution in [2.24, 2.45) is 0 Å². The Morgan fingerprint density at radius 3 is 2.66 bits per heavy atom. The summed E-state index contributed by atoms with van der Waals surface area (Å²) in [6.45, 7) is 4.06.